The van der Waals surface area contributed by atoms with Crippen LogP contribution in [0.25, 0.3) is 0 Å². The summed E-state index contributed by atoms with van der Waals surface area (Å²) in [5.41, 5.74) is 3.54. The van der Waals surface area contributed by atoms with Gasteiger partial charge in [-0.05, 0) is 24.5 Å². The Kier molecular flexibility index (Phi) is 4.90. The minimum Gasteiger partial charge on any atom is -0.126 e. The summed E-state index contributed by atoms with van der Waals surface area (Å²) in [7, 11) is 0. The molecule has 0 aliphatic carbocycles. The smallest absolute Gasteiger partial charge is 0.0335 e. The van der Waals surface area contributed by atoms with Crippen molar-refractivity contribution >= 4 is 23.2 Å². The molecule has 0 spiro atoms. The number of rotatable bonds is 5. The number of aryl methyl sites for hydroxylation is 1. The van der Waals surface area contributed by atoms with Gasteiger partial charge in [0, 0.05) is 17.2 Å². The van der Waals surface area contributed by atoms with Crippen molar-refractivity contribution in [1.82, 2.24) is 0 Å². The molecule has 0 aliphatic heterocycles. The van der Waals surface area contributed by atoms with Crippen LogP contribution in [0.3, 0.4) is 0 Å². The monoisotopic (exact) mass is 292 g/mol. The first kappa shape index (κ1) is 14.4. The van der Waals surface area contributed by atoms with E-state index < -0.39 is 0 Å². The lowest BCUT2D eigenvalue weighted by molar-refractivity contribution is 0.536. The minimum atomic E-state index is -0.198. The number of halogens is 2. The van der Waals surface area contributed by atoms with Gasteiger partial charge in [0.15, 0.2) is 0 Å². The molecule has 100 valence electrons. The molecule has 0 aliphatic rings. The van der Waals surface area contributed by atoms with Gasteiger partial charge in [0.1, 0.15) is 0 Å². The van der Waals surface area contributed by atoms with E-state index >= 15 is 0 Å². The molecule has 0 fully saturated rings. The molecule has 0 aromatic heterocycles. The van der Waals surface area contributed by atoms with Gasteiger partial charge in [-0.25, -0.2) is 0 Å². The van der Waals surface area contributed by atoms with Crippen LogP contribution < -0.4 is 0 Å². The summed E-state index contributed by atoms with van der Waals surface area (Å²) in [5, 5.41) is 0. The molecule has 0 saturated heterocycles. The number of hydrogen-bond acceptors (Lipinski definition) is 0. The summed E-state index contributed by atoms with van der Waals surface area (Å²) < 4.78 is 0. The molecule has 0 heterocycles. The third-order valence-electron chi connectivity index (χ3n) is 3.53. The van der Waals surface area contributed by atoms with Gasteiger partial charge in [-0.2, -0.15) is 0 Å². The average molecular weight is 293 g/mol. The first-order valence-electron chi connectivity index (χ1n) is 6.43. The summed E-state index contributed by atoms with van der Waals surface area (Å²) >= 11 is 12.6. The van der Waals surface area contributed by atoms with E-state index in [4.69, 9.17) is 23.2 Å². The van der Waals surface area contributed by atoms with Gasteiger partial charge in [-0.3, -0.25) is 0 Å². The van der Waals surface area contributed by atoms with Gasteiger partial charge in [0.25, 0.3) is 0 Å². The van der Waals surface area contributed by atoms with E-state index in [2.05, 4.69) is 55.5 Å². The molecule has 0 N–H and O–H groups in total. The van der Waals surface area contributed by atoms with Crippen LogP contribution in [0.5, 0.6) is 0 Å². The second kappa shape index (κ2) is 6.45. The number of benzene rings is 2. The van der Waals surface area contributed by atoms with Crippen LogP contribution in [0, 0.1) is 6.92 Å². The predicted molar refractivity (Wildman–Crippen MR) is 84.4 cm³/mol. The lowest BCUT2D eigenvalue weighted by atomic mass is 9.78. The lowest BCUT2D eigenvalue weighted by Crippen LogP contribution is -2.33. The third-order valence-corrected chi connectivity index (χ3v) is 4.55. The molecule has 0 atom stereocenters. The molecule has 0 radical (unpaired) electrons. The first-order valence-corrected chi connectivity index (χ1v) is 7.50. The molecule has 0 unspecified atom stereocenters. The highest BCUT2D eigenvalue weighted by atomic mass is 35.5. The highest BCUT2D eigenvalue weighted by Gasteiger charge is 2.31. The average Bonchev–Trinajstić information content (AvgIpc) is 2.46. The normalized spacial score (nSPS) is 11.5. The zero-order valence-electron chi connectivity index (χ0n) is 11.1. The lowest BCUT2D eigenvalue weighted by Gasteiger charge is -2.30. The van der Waals surface area contributed by atoms with Crippen LogP contribution in [0.15, 0.2) is 54.6 Å². The standard InChI is InChI=1S/C17H18Cl2/c1-14-6-5-9-16(10-14)17(12-18,13-19)11-15-7-3-2-4-8-15/h2-10H,11-13H2,1H3. The van der Waals surface area contributed by atoms with E-state index in [0.717, 1.165) is 6.42 Å². The van der Waals surface area contributed by atoms with Gasteiger partial charge >= 0.3 is 0 Å². The van der Waals surface area contributed by atoms with E-state index in [1.807, 2.05) is 6.07 Å². The Labute approximate surface area is 125 Å². The summed E-state index contributed by atoms with van der Waals surface area (Å²) in [6.07, 6.45) is 0.865. The second-order valence-corrected chi connectivity index (χ2v) is 5.61. The Morgan fingerprint density at radius 2 is 1.58 bits per heavy atom. The highest BCUT2D eigenvalue weighted by molar-refractivity contribution is 6.22. The van der Waals surface area contributed by atoms with Crippen LogP contribution in [0.1, 0.15) is 16.7 Å². The van der Waals surface area contributed by atoms with Gasteiger partial charge in [-0.1, -0.05) is 60.2 Å². The van der Waals surface area contributed by atoms with Crippen molar-refractivity contribution in [1.29, 1.82) is 0 Å². The van der Waals surface area contributed by atoms with Gasteiger partial charge < -0.3 is 0 Å². The van der Waals surface area contributed by atoms with Gasteiger partial charge in [0.05, 0.1) is 0 Å². The highest BCUT2D eigenvalue weighted by Crippen LogP contribution is 2.32. The molecule has 0 nitrogen and oxygen atoms in total. The molecule has 2 aromatic rings. The topological polar surface area (TPSA) is 0 Å². The minimum absolute atomic E-state index is 0.198. The quantitative estimate of drug-likeness (QED) is 0.684. The van der Waals surface area contributed by atoms with Crippen molar-refractivity contribution < 1.29 is 0 Å². The molecule has 19 heavy (non-hydrogen) atoms. The van der Waals surface area contributed by atoms with Crippen LogP contribution in [0.2, 0.25) is 0 Å². The van der Waals surface area contributed by atoms with Crippen LogP contribution in [0.4, 0.5) is 0 Å². The van der Waals surface area contributed by atoms with Crippen molar-refractivity contribution in [2.24, 2.45) is 0 Å². The SMILES string of the molecule is Cc1cccc(C(CCl)(CCl)Cc2ccccc2)c1. The Hall–Kier alpha value is -0.980. The fourth-order valence-electron chi connectivity index (χ4n) is 2.35. The Bertz CT molecular complexity index is 516. The van der Waals surface area contributed by atoms with Crippen molar-refractivity contribution in [3.05, 3.63) is 71.3 Å². The van der Waals surface area contributed by atoms with Crippen molar-refractivity contribution in [3.63, 3.8) is 0 Å². The molecule has 2 rings (SSSR count). The maximum absolute atomic E-state index is 6.28. The molecule has 0 amide bonds. The Morgan fingerprint density at radius 3 is 2.16 bits per heavy atom. The largest absolute Gasteiger partial charge is 0.126 e. The van der Waals surface area contributed by atoms with E-state index in [1.165, 1.54) is 16.7 Å². The summed E-state index contributed by atoms with van der Waals surface area (Å²) in [4.78, 5) is 0. The molecular formula is C17H18Cl2. The van der Waals surface area contributed by atoms with Crippen molar-refractivity contribution in [2.75, 3.05) is 11.8 Å². The Morgan fingerprint density at radius 1 is 0.895 bits per heavy atom. The van der Waals surface area contributed by atoms with E-state index in [1.54, 1.807) is 0 Å². The number of hydrogen-bond donors (Lipinski definition) is 0. The molecule has 2 aromatic carbocycles. The number of alkyl halides is 2. The molecular weight excluding hydrogens is 275 g/mol. The van der Waals surface area contributed by atoms with E-state index in [-0.39, 0.29) is 5.41 Å². The Balaban J connectivity index is 2.37. The van der Waals surface area contributed by atoms with Crippen LogP contribution in [-0.2, 0) is 11.8 Å². The zero-order valence-corrected chi connectivity index (χ0v) is 12.6. The van der Waals surface area contributed by atoms with Crippen molar-refractivity contribution in [3.8, 4) is 0 Å². The van der Waals surface area contributed by atoms with Crippen molar-refractivity contribution in [2.45, 2.75) is 18.8 Å². The summed E-state index contributed by atoms with van der Waals surface area (Å²) in [6.45, 7) is 2.10. The first-order chi connectivity index (χ1) is 9.20. The van der Waals surface area contributed by atoms with E-state index in [9.17, 15) is 0 Å². The molecule has 0 bridgehead atoms. The van der Waals surface area contributed by atoms with Crippen LogP contribution in [-0.4, -0.2) is 11.8 Å². The maximum atomic E-state index is 6.28. The maximum Gasteiger partial charge on any atom is 0.0335 e. The zero-order chi connectivity index (χ0) is 13.7. The van der Waals surface area contributed by atoms with Gasteiger partial charge in [0.2, 0.25) is 0 Å². The predicted octanol–water partition coefficient (Wildman–Crippen LogP) is 4.95. The summed E-state index contributed by atoms with van der Waals surface area (Å²) in [5.74, 6) is 1.05. The molecule has 2 heteroatoms. The van der Waals surface area contributed by atoms with Gasteiger partial charge in [-0.15, -0.1) is 23.2 Å². The van der Waals surface area contributed by atoms with E-state index in [0.29, 0.717) is 11.8 Å². The second-order valence-electron chi connectivity index (χ2n) is 5.08. The fourth-order valence-corrected chi connectivity index (χ4v) is 3.13. The fraction of sp³-hybridized carbons (Fsp3) is 0.294. The summed E-state index contributed by atoms with van der Waals surface area (Å²) in [6, 6.07) is 18.9. The molecule has 0 saturated carbocycles. The third kappa shape index (κ3) is 3.32. The van der Waals surface area contributed by atoms with Crippen LogP contribution >= 0.6 is 23.2 Å².